The van der Waals surface area contributed by atoms with Crippen LogP contribution < -0.4 is 5.32 Å². The van der Waals surface area contributed by atoms with Gasteiger partial charge in [-0.15, -0.1) is 15.7 Å². The molecule has 0 spiro atoms. The van der Waals surface area contributed by atoms with Gasteiger partial charge in [-0.05, 0) is 37.1 Å². The van der Waals surface area contributed by atoms with Gasteiger partial charge in [0.05, 0.1) is 11.6 Å². The van der Waals surface area contributed by atoms with E-state index in [2.05, 4.69) is 19.7 Å². The molecule has 1 saturated heterocycles. The van der Waals surface area contributed by atoms with E-state index in [0.29, 0.717) is 29.6 Å². The van der Waals surface area contributed by atoms with Crippen LogP contribution in [-0.2, 0) is 14.8 Å². The van der Waals surface area contributed by atoms with Crippen molar-refractivity contribution in [1.29, 1.82) is 0 Å². The number of carbonyl (C=O) groups is 1. The summed E-state index contributed by atoms with van der Waals surface area (Å²) in [4.78, 5) is 23.6. The number of benzene rings is 1. The molecule has 4 heterocycles. The van der Waals surface area contributed by atoms with Crippen molar-refractivity contribution < 1.29 is 13.2 Å². The maximum absolute atomic E-state index is 12.9. The van der Waals surface area contributed by atoms with E-state index in [1.54, 1.807) is 36.7 Å². The highest BCUT2D eigenvalue weighted by Gasteiger charge is 2.35. The molecule has 0 radical (unpaired) electrons. The Morgan fingerprint density at radius 2 is 2.06 bits per heavy atom. The van der Waals surface area contributed by atoms with Crippen LogP contribution in [-0.4, -0.2) is 48.1 Å². The summed E-state index contributed by atoms with van der Waals surface area (Å²) in [7, 11) is -3.68. The summed E-state index contributed by atoms with van der Waals surface area (Å²) in [5, 5.41) is 5.33. The molecule has 1 amide bonds. The Morgan fingerprint density at radius 1 is 1.19 bits per heavy atom. The molecule has 10 heteroatoms. The van der Waals surface area contributed by atoms with Crippen LogP contribution in [0.15, 0.2) is 63.5 Å². The van der Waals surface area contributed by atoms with Crippen molar-refractivity contribution in [3.63, 3.8) is 0 Å². The van der Waals surface area contributed by atoms with E-state index in [9.17, 15) is 13.2 Å². The van der Waals surface area contributed by atoms with Gasteiger partial charge >= 0.3 is 0 Å². The summed E-state index contributed by atoms with van der Waals surface area (Å²) < 4.78 is 28.7. The van der Waals surface area contributed by atoms with Gasteiger partial charge in [0.1, 0.15) is 4.90 Å². The van der Waals surface area contributed by atoms with Crippen LogP contribution in [0, 0.1) is 5.92 Å². The van der Waals surface area contributed by atoms with Crippen molar-refractivity contribution in [2.24, 2.45) is 10.3 Å². The Morgan fingerprint density at radius 3 is 2.90 bits per heavy atom. The first kappa shape index (κ1) is 19.8. The minimum atomic E-state index is -3.68. The number of thiazole rings is 1. The molecule has 3 aromatic rings. The third-order valence-corrected chi connectivity index (χ3v) is 7.48. The predicted molar refractivity (Wildman–Crippen MR) is 118 cm³/mol. The molecular weight excluding hydrogens is 434 g/mol. The number of carbonyl (C=O) groups excluding carboxylic acids is 1. The Labute approximate surface area is 183 Å². The zero-order valence-electron chi connectivity index (χ0n) is 16.4. The smallest absolute Gasteiger partial charge is 0.285 e. The standard InChI is InChI=1S/C21H19N5O3S2/c27-20(24-21-23-17(13-30-21)14-5-3-9-22-11-14)15-6-4-10-26(12-15)19-16-7-1-2-8-18(16)31(28,29)25-19/h1-3,5,7-9,11,13,15H,4,6,10,12H2,(H,23,24,27)/t15-/m0/s1. The molecule has 1 atom stereocenters. The topological polar surface area (TPSA) is 105 Å². The Kier molecular flexibility index (Phi) is 5.03. The van der Waals surface area contributed by atoms with Crippen LogP contribution in [0.1, 0.15) is 18.4 Å². The number of fused-ring (bicyclic) bond motifs is 1. The molecule has 31 heavy (non-hydrogen) atoms. The summed E-state index contributed by atoms with van der Waals surface area (Å²) in [6.45, 7) is 1.07. The largest absolute Gasteiger partial charge is 0.355 e. The molecule has 8 nitrogen and oxygen atoms in total. The number of amides is 1. The molecule has 2 aliphatic heterocycles. The van der Waals surface area contributed by atoms with E-state index in [-0.39, 0.29) is 16.7 Å². The van der Waals surface area contributed by atoms with Gasteiger partial charge in [-0.2, -0.15) is 8.42 Å². The van der Waals surface area contributed by atoms with Crippen LogP contribution in [0.25, 0.3) is 11.3 Å². The fourth-order valence-corrected chi connectivity index (χ4v) is 5.84. The third kappa shape index (κ3) is 3.84. The first-order valence-corrected chi connectivity index (χ1v) is 12.2. The molecule has 2 aliphatic rings. The minimum Gasteiger partial charge on any atom is -0.355 e. The molecule has 0 unspecified atom stereocenters. The number of rotatable bonds is 3. The second-order valence-electron chi connectivity index (χ2n) is 7.44. The number of pyridine rings is 1. The van der Waals surface area contributed by atoms with Gasteiger partial charge < -0.3 is 10.2 Å². The van der Waals surface area contributed by atoms with Gasteiger partial charge in [-0.3, -0.25) is 9.78 Å². The van der Waals surface area contributed by atoms with Crippen molar-refractivity contribution in [3.8, 4) is 11.3 Å². The van der Waals surface area contributed by atoms with Gasteiger partial charge in [-0.25, -0.2) is 4.98 Å². The van der Waals surface area contributed by atoms with Crippen molar-refractivity contribution in [2.75, 3.05) is 18.4 Å². The molecule has 1 N–H and O–H groups in total. The van der Waals surface area contributed by atoms with Crippen LogP contribution in [0.5, 0.6) is 0 Å². The lowest BCUT2D eigenvalue weighted by molar-refractivity contribution is -0.121. The number of nitrogens with zero attached hydrogens (tertiary/aromatic N) is 4. The third-order valence-electron chi connectivity index (χ3n) is 5.40. The summed E-state index contributed by atoms with van der Waals surface area (Å²) in [5.74, 6) is 0.0328. The molecule has 158 valence electrons. The van der Waals surface area contributed by atoms with Gasteiger partial charge in [0.25, 0.3) is 10.0 Å². The van der Waals surface area contributed by atoms with E-state index in [1.807, 2.05) is 22.4 Å². The fourth-order valence-electron chi connectivity index (χ4n) is 3.89. The number of nitrogens with one attached hydrogen (secondary N) is 1. The van der Waals surface area contributed by atoms with Gasteiger partial charge in [0.2, 0.25) is 5.91 Å². The predicted octanol–water partition coefficient (Wildman–Crippen LogP) is 3.00. The number of hydrogen-bond donors (Lipinski definition) is 1. The van der Waals surface area contributed by atoms with Gasteiger partial charge in [-0.1, -0.05) is 12.1 Å². The molecule has 5 rings (SSSR count). The van der Waals surface area contributed by atoms with Crippen molar-refractivity contribution in [2.45, 2.75) is 17.7 Å². The number of aromatic nitrogens is 2. The van der Waals surface area contributed by atoms with E-state index in [0.717, 1.165) is 24.1 Å². The van der Waals surface area contributed by atoms with Crippen molar-refractivity contribution in [3.05, 3.63) is 59.7 Å². The quantitative estimate of drug-likeness (QED) is 0.654. The Hall–Kier alpha value is -3.11. The van der Waals surface area contributed by atoms with Crippen LogP contribution in [0.2, 0.25) is 0 Å². The zero-order valence-corrected chi connectivity index (χ0v) is 18.1. The number of anilines is 1. The lowest BCUT2D eigenvalue weighted by atomic mass is 9.96. The van der Waals surface area contributed by atoms with Crippen LogP contribution in [0.3, 0.4) is 0 Å². The highest BCUT2D eigenvalue weighted by atomic mass is 32.2. The monoisotopic (exact) mass is 453 g/mol. The van der Waals surface area contributed by atoms with E-state index >= 15 is 0 Å². The lowest BCUT2D eigenvalue weighted by Gasteiger charge is -2.33. The average Bonchev–Trinajstić information content (AvgIpc) is 3.37. The molecular formula is C21H19N5O3S2. The number of hydrogen-bond acceptors (Lipinski definition) is 7. The van der Waals surface area contributed by atoms with E-state index < -0.39 is 10.0 Å². The van der Waals surface area contributed by atoms with E-state index in [1.165, 1.54) is 11.3 Å². The van der Waals surface area contributed by atoms with Gasteiger partial charge in [0, 0.05) is 42.0 Å². The fraction of sp³-hybridized carbons (Fsp3) is 0.238. The molecule has 1 fully saturated rings. The summed E-state index contributed by atoms with van der Waals surface area (Å²) in [6.07, 6.45) is 4.93. The highest BCUT2D eigenvalue weighted by Crippen LogP contribution is 2.30. The van der Waals surface area contributed by atoms with E-state index in [4.69, 9.17) is 0 Å². The van der Waals surface area contributed by atoms with Crippen LogP contribution in [0.4, 0.5) is 5.13 Å². The minimum absolute atomic E-state index is 0.119. The SMILES string of the molecule is O=C(Nc1nc(-c2cccnc2)cs1)[C@H]1CCCN(C2=NS(=O)(=O)c3ccccc32)C1. The Bertz CT molecular complexity index is 1270. The normalized spacial score (nSPS) is 19.5. The van der Waals surface area contributed by atoms with Crippen molar-refractivity contribution in [1.82, 2.24) is 14.9 Å². The number of amidine groups is 1. The second-order valence-corrected chi connectivity index (χ2v) is 9.87. The Balaban J connectivity index is 1.30. The number of likely N-dealkylation sites (tertiary alicyclic amines) is 1. The molecule has 0 saturated carbocycles. The zero-order chi connectivity index (χ0) is 21.4. The number of piperidine rings is 1. The first-order chi connectivity index (χ1) is 15.0. The second kappa shape index (κ2) is 7.86. The summed E-state index contributed by atoms with van der Waals surface area (Å²) >= 11 is 1.37. The lowest BCUT2D eigenvalue weighted by Crippen LogP contribution is -2.43. The maximum Gasteiger partial charge on any atom is 0.285 e. The molecule has 0 bridgehead atoms. The van der Waals surface area contributed by atoms with Crippen LogP contribution >= 0.6 is 11.3 Å². The molecule has 2 aromatic heterocycles. The summed E-state index contributed by atoms with van der Waals surface area (Å²) in [6, 6.07) is 10.6. The summed E-state index contributed by atoms with van der Waals surface area (Å²) in [5.41, 5.74) is 2.26. The van der Waals surface area contributed by atoms with Gasteiger partial charge in [0.15, 0.2) is 11.0 Å². The maximum atomic E-state index is 12.9. The highest BCUT2D eigenvalue weighted by molar-refractivity contribution is 7.90. The first-order valence-electron chi connectivity index (χ1n) is 9.87. The number of sulfonamides is 1. The molecule has 1 aromatic carbocycles. The van der Waals surface area contributed by atoms with Crippen molar-refractivity contribution >= 4 is 38.2 Å². The molecule has 0 aliphatic carbocycles. The average molecular weight is 454 g/mol.